The molecule has 1 rings (SSSR count). The lowest BCUT2D eigenvalue weighted by atomic mass is 10.3. The minimum atomic E-state index is -0.822. The molecule has 0 spiro atoms. The van der Waals surface area contributed by atoms with E-state index in [9.17, 15) is 15.2 Å². The molecule has 0 aromatic heterocycles. The predicted molar refractivity (Wildman–Crippen MR) is 66.5 cm³/mol. The van der Waals surface area contributed by atoms with Crippen molar-refractivity contribution in [3.63, 3.8) is 0 Å². The second-order valence-corrected chi connectivity index (χ2v) is 4.46. The number of anilines is 1. The van der Waals surface area contributed by atoms with E-state index in [1.807, 2.05) is 0 Å². The van der Waals surface area contributed by atoms with Gasteiger partial charge in [-0.25, -0.2) is 0 Å². The molecule has 0 aliphatic rings. The largest absolute Gasteiger partial charge is 0.394 e. The molecule has 1 atom stereocenters. The van der Waals surface area contributed by atoms with E-state index in [-0.39, 0.29) is 12.3 Å². The maximum absolute atomic E-state index is 10.7. The lowest BCUT2D eigenvalue weighted by Crippen LogP contribution is -2.14. The summed E-state index contributed by atoms with van der Waals surface area (Å²) in [7, 11) is 1.68. The average molecular weight is 258 g/mol. The van der Waals surface area contributed by atoms with Gasteiger partial charge in [-0.05, 0) is 6.07 Å². The van der Waals surface area contributed by atoms with Crippen LogP contribution in [0.25, 0.3) is 0 Å². The topological polar surface area (TPSA) is 95.6 Å². The standard InChI is InChI=1S/C10H14N2O4S/c1-11-7-2-8(12(15)16)4-10(3-7)17-6-9(14)5-13/h2-4,9,11,13-14H,5-6H2,1H3. The molecule has 7 heteroatoms. The van der Waals surface area contributed by atoms with Crippen LogP contribution >= 0.6 is 11.8 Å². The van der Waals surface area contributed by atoms with Crippen molar-refractivity contribution in [3.05, 3.63) is 28.3 Å². The highest BCUT2D eigenvalue weighted by molar-refractivity contribution is 7.99. The quantitative estimate of drug-likeness (QED) is 0.401. The minimum absolute atomic E-state index is 0.00200. The van der Waals surface area contributed by atoms with Gasteiger partial charge < -0.3 is 15.5 Å². The Hall–Kier alpha value is -1.31. The normalized spacial score (nSPS) is 12.2. The van der Waals surface area contributed by atoms with Crippen LogP contribution in [0.5, 0.6) is 0 Å². The van der Waals surface area contributed by atoms with Crippen LogP contribution in [0.3, 0.4) is 0 Å². The van der Waals surface area contributed by atoms with Crippen molar-refractivity contribution in [2.24, 2.45) is 0 Å². The molecule has 6 nitrogen and oxygen atoms in total. The van der Waals surface area contributed by atoms with Gasteiger partial charge in [-0.15, -0.1) is 11.8 Å². The highest BCUT2D eigenvalue weighted by atomic mass is 32.2. The van der Waals surface area contributed by atoms with Crippen LogP contribution in [0, 0.1) is 10.1 Å². The summed E-state index contributed by atoms with van der Waals surface area (Å²) < 4.78 is 0. The molecule has 94 valence electrons. The highest BCUT2D eigenvalue weighted by Crippen LogP contribution is 2.28. The Labute approximate surface area is 103 Å². The SMILES string of the molecule is CNc1cc(SCC(O)CO)cc([N+](=O)[O-])c1. The summed E-state index contributed by atoms with van der Waals surface area (Å²) in [6.45, 7) is -0.319. The van der Waals surface area contributed by atoms with Crippen molar-refractivity contribution in [1.82, 2.24) is 0 Å². The van der Waals surface area contributed by atoms with E-state index in [1.54, 1.807) is 13.1 Å². The molecule has 3 N–H and O–H groups in total. The van der Waals surface area contributed by atoms with E-state index < -0.39 is 11.0 Å². The zero-order valence-corrected chi connectivity index (χ0v) is 10.1. The van der Waals surface area contributed by atoms with Crippen molar-refractivity contribution < 1.29 is 15.1 Å². The molecule has 0 aliphatic carbocycles. The van der Waals surface area contributed by atoms with E-state index in [0.717, 1.165) is 0 Å². The van der Waals surface area contributed by atoms with Crippen molar-refractivity contribution in [3.8, 4) is 0 Å². The third-order valence-electron chi connectivity index (χ3n) is 2.04. The maximum Gasteiger partial charge on any atom is 0.272 e. The van der Waals surface area contributed by atoms with Crippen LogP contribution in [0.15, 0.2) is 23.1 Å². The fraction of sp³-hybridized carbons (Fsp3) is 0.400. The Balaban J connectivity index is 2.83. The number of rotatable bonds is 6. The van der Waals surface area contributed by atoms with Gasteiger partial charge in [0.25, 0.3) is 5.69 Å². The number of nitrogens with zero attached hydrogens (tertiary/aromatic N) is 1. The molecule has 0 heterocycles. The summed E-state index contributed by atoms with van der Waals surface area (Å²) in [6, 6.07) is 4.63. The first-order chi connectivity index (χ1) is 8.06. The molecule has 17 heavy (non-hydrogen) atoms. The predicted octanol–water partition coefficient (Wildman–Crippen LogP) is 1.08. The molecule has 0 radical (unpaired) electrons. The van der Waals surface area contributed by atoms with Gasteiger partial charge in [0, 0.05) is 35.5 Å². The molecule has 0 bridgehead atoms. The summed E-state index contributed by atoms with van der Waals surface area (Å²) in [4.78, 5) is 10.9. The Kier molecular flexibility index (Phi) is 5.20. The lowest BCUT2D eigenvalue weighted by Gasteiger charge is -2.08. The van der Waals surface area contributed by atoms with Crippen LogP contribution in [0.1, 0.15) is 0 Å². The van der Waals surface area contributed by atoms with Crippen LogP contribution < -0.4 is 5.32 Å². The number of nitrogens with one attached hydrogen (secondary N) is 1. The Bertz CT molecular complexity index is 400. The summed E-state index contributed by atoms with van der Waals surface area (Å²) >= 11 is 1.26. The van der Waals surface area contributed by atoms with Gasteiger partial charge in [-0.2, -0.15) is 0 Å². The lowest BCUT2D eigenvalue weighted by molar-refractivity contribution is -0.385. The fourth-order valence-corrected chi connectivity index (χ4v) is 2.07. The number of aliphatic hydroxyl groups is 2. The van der Waals surface area contributed by atoms with Crippen molar-refractivity contribution in [2.75, 3.05) is 24.7 Å². The van der Waals surface area contributed by atoms with Gasteiger partial charge in [-0.3, -0.25) is 10.1 Å². The molecule has 1 aromatic rings. The number of nitro benzene ring substituents is 1. The Morgan fingerprint density at radius 1 is 1.53 bits per heavy atom. The highest BCUT2D eigenvalue weighted by Gasteiger charge is 2.11. The van der Waals surface area contributed by atoms with E-state index in [0.29, 0.717) is 16.3 Å². The number of thioether (sulfide) groups is 1. The fourth-order valence-electron chi connectivity index (χ4n) is 1.16. The molecule has 1 aromatic carbocycles. The van der Waals surface area contributed by atoms with Gasteiger partial charge in [0.2, 0.25) is 0 Å². The molecule has 0 saturated heterocycles. The monoisotopic (exact) mass is 258 g/mol. The van der Waals surface area contributed by atoms with Crippen LogP contribution in [-0.4, -0.2) is 40.6 Å². The van der Waals surface area contributed by atoms with E-state index in [4.69, 9.17) is 5.11 Å². The number of benzene rings is 1. The third-order valence-corrected chi connectivity index (χ3v) is 3.16. The minimum Gasteiger partial charge on any atom is -0.394 e. The molecular weight excluding hydrogens is 244 g/mol. The number of nitro groups is 1. The van der Waals surface area contributed by atoms with Gasteiger partial charge in [0.05, 0.1) is 17.6 Å². The molecular formula is C10H14N2O4S. The zero-order chi connectivity index (χ0) is 12.8. The second kappa shape index (κ2) is 6.43. The summed E-state index contributed by atoms with van der Waals surface area (Å²) in [5.41, 5.74) is 0.637. The van der Waals surface area contributed by atoms with Crippen LogP contribution in [0.4, 0.5) is 11.4 Å². The first kappa shape index (κ1) is 13.8. The molecule has 0 aliphatic heterocycles. The van der Waals surface area contributed by atoms with E-state index in [1.165, 1.54) is 23.9 Å². The molecule has 0 saturated carbocycles. The van der Waals surface area contributed by atoms with Crippen molar-refractivity contribution in [1.29, 1.82) is 0 Å². The van der Waals surface area contributed by atoms with Gasteiger partial charge in [0.1, 0.15) is 0 Å². The average Bonchev–Trinajstić information content (AvgIpc) is 2.35. The summed E-state index contributed by atoms with van der Waals surface area (Å²) in [5, 5.41) is 31.4. The Morgan fingerprint density at radius 3 is 2.76 bits per heavy atom. The molecule has 1 unspecified atom stereocenters. The first-order valence-corrected chi connectivity index (χ1v) is 5.94. The zero-order valence-electron chi connectivity index (χ0n) is 9.29. The van der Waals surface area contributed by atoms with Crippen molar-refractivity contribution in [2.45, 2.75) is 11.0 Å². The summed E-state index contributed by atoms with van der Waals surface area (Å²) in [6.07, 6.45) is -0.822. The molecule has 0 amide bonds. The number of hydrogen-bond acceptors (Lipinski definition) is 6. The smallest absolute Gasteiger partial charge is 0.272 e. The number of hydrogen-bond donors (Lipinski definition) is 3. The van der Waals surface area contributed by atoms with Gasteiger partial charge in [0.15, 0.2) is 0 Å². The first-order valence-electron chi connectivity index (χ1n) is 4.95. The second-order valence-electron chi connectivity index (χ2n) is 3.37. The van der Waals surface area contributed by atoms with Crippen LogP contribution in [0.2, 0.25) is 0 Å². The summed E-state index contributed by atoms with van der Waals surface area (Å²) in [5.74, 6) is 0.292. The third kappa shape index (κ3) is 4.22. The Morgan fingerprint density at radius 2 is 2.24 bits per heavy atom. The van der Waals surface area contributed by atoms with E-state index >= 15 is 0 Å². The van der Waals surface area contributed by atoms with Crippen molar-refractivity contribution >= 4 is 23.1 Å². The number of non-ortho nitro benzene ring substituents is 1. The van der Waals surface area contributed by atoms with Gasteiger partial charge >= 0.3 is 0 Å². The van der Waals surface area contributed by atoms with E-state index in [2.05, 4.69) is 5.32 Å². The van der Waals surface area contributed by atoms with Gasteiger partial charge in [-0.1, -0.05) is 0 Å². The number of aliphatic hydroxyl groups excluding tert-OH is 2. The maximum atomic E-state index is 10.7. The molecule has 0 fully saturated rings. The van der Waals surface area contributed by atoms with Crippen LogP contribution in [-0.2, 0) is 0 Å².